The normalized spacial score (nSPS) is 15.3. The number of benzene rings is 1. The number of hydrogen-bond donors (Lipinski definition) is 3. The van der Waals surface area contributed by atoms with Crippen LogP contribution in [0.4, 0.5) is 5.69 Å². The Kier molecular flexibility index (Phi) is 12.1. The van der Waals surface area contributed by atoms with E-state index in [0.29, 0.717) is 12.6 Å². The zero-order valence-electron chi connectivity index (χ0n) is 19.1. The fourth-order valence-electron chi connectivity index (χ4n) is 3.48. The van der Waals surface area contributed by atoms with Crippen LogP contribution in [-0.2, 0) is 11.3 Å². The molecule has 1 amide bonds. The molecule has 1 saturated heterocycles. The van der Waals surface area contributed by atoms with Gasteiger partial charge in [-0.2, -0.15) is 0 Å². The highest BCUT2D eigenvalue weighted by Crippen LogP contribution is 2.17. The van der Waals surface area contributed by atoms with Gasteiger partial charge in [-0.15, -0.1) is 24.0 Å². The van der Waals surface area contributed by atoms with Crippen LogP contribution in [0, 0.1) is 6.92 Å². The van der Waals surface area contributed by atoms with Crippen molar-refractivity contribution in [2.45, 2.75) is 45.7 Å². The van der Waals surface area contributed by atoms with Gasteiger partial charge in [0.2, 0.25) is 5.91 Å². The zero-order chi connectivity index (χ0) is 21.2. The summed E-state index contributed by atoms with van der Waals surface area (Å²) in [4.78, 5) is 20.6. The molecule has 7 nitrogen and oxygen atoms in total. The molecule has 8 heteroatoms. The lowest BCUT2D eigenvalue weighted by Gasteiger charge is -2.32. The second kappa shape index (κ2) is 13.7. The van der Waals surface area contributed by atoms with Crippen molar-refractivity contribution in [3.8, 4) is 0 Å². The van der Waals surface area contributed by atoms with Crippen LogP contribution in [0.2, 0.25) is 0 Å². The fraction of sp³-hybridized carbons (Fsp3) is 0.636. The number of carbonyl (C=O) groups excluding carboxylic acids is 1. The van der Waals surface area contributed by atoms with Gasteiger partial charge in [0.25, 0.3) is 0 Å². The molecule has 0 aliphatic carbocycles. The largest absolute Gasteiger partial charge is 0.378 e. The summed E-state index contributed by atoms with van der Waals surface area (Å²) in [5, 5.41) is 9.92. The first kappa shape index (κ1) is 26.5. The summed E-state index contributed by atoms with van der Waals surface area (Å²) < 4.78 is 0. The number of halogens is 1. The quantitative estimate of drug-likeness (QED) is 0.274. The number of nitrogens with zero attached hydrogens (tertiary/aromatic N) is 3. The third-order valence-electron chi connectivity index (χ3n) is 5.38. The highest BCUT2D eigenvalue weighted by atomic mass is 127. The minimum absolute atomic E-state index is 0. The van der Waals surface area contributed by atoms with Crippen LogP contribution in [0.5, 0.6) is 0 Å². The van der Waals surface area contributed by atoms with Crippen molar-refractivity contribution in [3.63, 3.8) is 0 Å². The van der Waals surface area contributed by atoms with Gasteiger partial charge in [0.15, 0.2) is 5.96 Å². The lowest BCUT2D eigenvalue weighted by Crippen LogP contribution is -2.50. The van der Waals surface area contributed by atoms with Crippen molar-refractivity contribution >= 4 is 41.5 Å². The summed E-state index contributed by atoms with van der Waals surface area (Å²) in [6, 6.07) is 6.91. The second-order valence-corrected chi connectivity index (χ2v) is 7.98. The van der Waals surface area contributed by atoms with Gasteiger partial charge in [-0.3, -0.25) is 14.7 Å². The zero-order valence-corrected chi connectivity index (χ0v) is 21.5. The lowest BCUT2D eigenvalue weighted by molar-refractivity contribution is -0.122. The monoisotopic (exact) mass is 530 g/mol. The number of likely N-dealkylation sites (tertiary alicyclic amines) is 1. The number of piperidine rings is 1. The third kappa shape index (κ3) is 8.67. The van der Waals surface area contributed by atoms with E-state index in [4.69, 9.17) is 0 Å². The Morgan fingerprint density at radius 1 is 1.23 bits per heavy atom. The van der Waals surface area contributed by atoms with Gasteiger partial charge in [0.05, 0.1) is 6.54 Å². The molecule has 1 fully saturated rings. The molecule has 0 radical (unpaired) electrons. The summed E-state index contributed by atoms with van der Waals surface area (Å²) in [7, 11) is 5.92. The molecule has 1 aliphatic rings. The van der Waals surface area contributed by atoms with Gasteiger partial charge in [-0.05, 0) is 49.4 Å². The van der Waals surface area contributed by atoms with Crippen LogP contribution in [0.25, 0.3) is 0 Å². The molecule has 1 heterocycles. The molecule has 0 saturated carbocycles. The number of carbonyl (C=O) groups is 1. The maximum atomic E-state index is 11.9. The first-order valence-electron chi connectivity index (χ1n) is 10.7. The number of anilines is 1. The Hall–Kier alpha value is -1.55. The number of nitrogens with one attached hydrogen (secondary N) is 3. The van der Waals surface area contributed by atoms with E-state index in [1.54, 1.807) is 0 Å². The summed E-state index contributed by atoms with van der Waals surface area (Å²) in [6.07, 6.45) is 3.00. The van der Waals surface area contributed by atoms with E-state index in [1.807, 2.05) is 7.05 Å². The molecule has 1 aliphatic heterocycles. The molecule has 0 spiro atoms. The van der Waals surface area contributed by atoms with Gasteiger partial charge in [0.1, 0.15) is 0 Å². The van der Waals surface area contributed by atoms with Crippen molar-refractivity contribution < 1.29 is 4.79 Å². The van der Waals surface area contributed by atoms with E-state index in [0.717, 1.165) is 51.4 Å². The summed E-state index contributed by atoms with van der Waals surface area (Å²) in [6.45, 7) is 8.08. The van der Waals surface area contributed by atoms with Crippen molar-refractivity contribution in [3.05, 3.63) is 29.3 Å². The minimum Gasteiger partial charge on any atom is -0.378 e. The molecule has 30 heavy (non-hydrogen) atoms. The standard InChI is InChI=1S/C22H38N6O.HI/c1-6-11-24-21(29)16-28-12-9-19(10-13-28)26-22(23-3)25-15-18-7-8-20(27(4)5)14-17(18)2;/h7-8,14,19H,6,9-13,15-16H2,1-5H3,(H,24,29)(H2,23,25,26);1H. The molecule has 1 aromatic carbocycles. The Morgan fingerprint density at radius 2 is 1.93 bits per heavy atom. The maximum absolute atomic E-state index is 11.9. The van der Waals surface area contributed by atoms with E-state index in [1.165, 1.54) is 16.8 Å². The highest BCUT2D eigenvalue weighted by Gasteiger charge is 2.21. The topological polar surface area (TPSA) is 72.0 Å². The number of aryl methyl sites for hydroxylation is 1. The number of amides is 1. The Bertz CT molecular complexity index is 686. The predicted octanol–water partition coefficient (Wildman–Crippen LogP) is 2.33. The van der Waals surface area contributed by atoms with Crippen LogP contribution in [-0.4, -0.2) is 70.1 Å². The van der Waals surface area contributed by atoms with Gasteiger partial charge in [-0.1, -0.05) is 13.0 Å². The molecule has 0 aromatic heterocycles. The lowest BCUT2D eigenvalue weighted by atomic mass is 10.1. The molecule has 2 rings (SSSR count). The second-order valence-electron chi connectivity index (χ2n) is 7.98. The fourth-order valence-corrected chi connectivity index (χ4v) is 3.48. The molecule has 1 aromatic rings. The van der Waals surface area contributed by atoms with E-state index in [-0.39, 0.29) is 29.9 Å². The first-order valence-corrected chi connectivity index (χ1v) is 10.7. The SMILES string of the molecule is CCCNC(=O)CN1CCC(NC(=NC)NCc2ccc(N(C)C)cc2C)CC1.I. The smallest absolute Gasteiger partial charge is 0.234 e. The number of aliphatic imine (C=N–C) groups is 1. The van der Waals surface area contributed by atoms with Crippen LogP contribution in [0.15, 0.2) is 23.2 Å². The van der Waals surface area contributed by atoms with E-state index in [2.05, 4.69) is 76.9 Å². The Labute approximate surface area is 199 Å². The molecule has 170 valence electrons. The summed E-state index contributed by atoms with van der Waals surface area (Å²) >= 11 is 0. The molecule has 0 unspecified atom stereocenters. The van der Waals surface area contributed by atoms with Gasteiger partial charge < -0.3 is 20.9 Å². The molecule has 0 bridgehead atoms. The molecular formula is C22H39IN6O. The maximum Gasteiger partial charge on any atom is 0.234 e. The van der Waals surface area contributed by atoms with Crippen LogP contribution in [0.1, 0.15) is 37.3 Å². The Balaban J connectivity index is 0.00000450. The van der Waals surface area contributed by atoms with Crippen molar-refractivity contribution in [1.82, 2.24) is 20.9 Å². The van der Waals surface area contributed by atoms with E-state index in [9.17, 15) is 4.79 Å². The van der Waals surface area contributed by atoms with Gasteiger partial charge in [-0.25, -0.2) is 0 Å². The van der Waals surface area contributed by atoms with Gasteiger partial charge >= 0.3 is 0 Å². The Morgan fingerprint density at radius 3 is 2.50 bits per heavy atom. The summed E-state index contributed by atoms with van der Waals surface area (Å²) in [5.74, 6) is 0.964. The number of guanidine groups is 1. The van der Waals surface area contributed by atoms with E-state index >= 15 is 0 Å². The van der Waals surface area contributed by atoms with Crippen molar-refractivity contribution in [1.29, 1.82) is 0 Å². The molecular weight excluding hydrogens is 491 g/mol. The van der Waals surface area contributed by atoms with Gasteiger partial charge in [0, 0.05) is 59.1 Å². The minimum atomic E-state index is 0. The van der Waals surface area contributed by atoms with E-state index < -0.39 is 0 Å². The molecule has 0 atom stereocenters. The predicted molar refractivity (Wildman–Crippen MR) is 137 cm³/mol. The van der Waals surface area contributed by atoms with Crippen LogP contribution in [0.3, 0.4) is 0 Å². The van der Waals surface area contributed by atoms with Crippen molar-refractivity contribution in [2.24, 2.45) is 4.99 Å². The molecule has 3 N–H and O–H groups in total. The third-order valence-corrected chi connectivity index (χ3v) is 5.38. The van der Waals surface area contributed by atoms with Crippen molar-refractivity contribution in [2.75, 3.05) is 52.2 Å². The number of rotatable bonds is 8. The van der Waals surface area contributed by atoms with Crippen LogP contribution >= 0.6 is 24.0 Å². The average molecular weight is 530 g/mol. The highest BCUT2D eigenvalue weighted by molar-refractivity contribution is 14.0. The van der Waals surface area contributed by atoms with Crippen LogP contribution < -0.4 is 20.9 Å². The number of hydrogen-bond acceptors (Lipinski definition) is 4. The average Bonchev–Trinajstić information content (AvgIpc) is 2.71. The first-order chi connectivity index (χ1) is 13.9. The summed E-state index contributed by atoms with van der Waals surface area (Å²) in [5.41, 5.74) is 3.75.